The Hall–Kier alpha value is -0.610. The second-order valence-corrected chi connectivity index (χ2v) is 6.02. The number of rotatable bonds is 2. The molecule has 4 nitrogen and oxygen atoms in total. The van der Waals surface area contributed by atoms with Gasteiger partial charge in [0.2, 0.25) is 5.91 Å². The van der Waals surface area contributed by atoms with E-state index >= 15 is 0 Å². The van der Waals surface area contributed by atoms with E-state index in [1.54, 1.807) is 0 Å². The Bertz CT molecular complexity index is 290. The van der Waals surface area contributed by atoms with E-state index in [0.717, 1.165) is 19.6 Å². The third kappa shape index (κ3) is 2.63. The molecule has 0 saturated carbocycles. The molecule has 2 rings (SSSR count). The summed E-state index contributed by atoms with van der Waals surface area (Å²) in [7, 11) is 0. The van der Waals surface area contributed by atoms with Crippen LogP contribution in [0.4, 0.5) is 0 Å². The molecule has 1 unspecified atom stereocenters. The van der Waals surface area contributed by atoms with Crippen LogP contribution in [0.5, 0.6) is 0 Å². The van der Waals surface area contributed by atoms with Gasteiger partial charge in [0, 0.05) is 32.2 Å². The van der Waals surface area contributed by atoms with Crippen LogP contribution >= 0.6 is 0 Å². The molecule has 0 bridgehead atoms. The van der Waals surface area contributed by atoms with Crippen LogP contribution in [0.15, 0.2) is 0 Å². The molecule has 2 aliphatic rings. The molecule has 1 atom stereocenters. The number of carbonyl (C=O) groups is 1. The van der Waals surface area contributed by atoms with Gasteiger partial charge in [-0.2, -0.15) is 0 Å². The minimum atomic E-state index is -0.406. The fourth-order valence-corrected chi connectivity index (χ4v) is 2.86. The van der Waals surface area contributed by atoms with Crippen molar-refractivity contribution >= 4 is 5.91 Å². The second kappa shape index (κ2) is 4.94. The zero-order valence-electron chi connectivity index (χ0n) is 11.1. The van der Waals surface area contributed by atoms with E-state index in [1.807, 2.05) is 18.7 Å². The highest BCUT2D eigenvalue weighted by Crippen LogP contribution is 2.24. The highest BCUT2D eigenvalue weighted by atomic mass is 16.2. The van der Waals surface area contributed by atoms with E-state index < -0.39 is 5.41 Å². The summed E-state index contributed by atoms with van der Waals surface area (Å²) in [6.07, 6.45) is 3.87. The van der Waals surface area contributed by atoms with E-state index in [2.05, 4.69) is 4.90 Å². The van der Waals surface area contributed by atoms with Crippen molar-refractivity contribution < 1.29 is 4.79 Å². The topological polar surface area (TPSA) is 49.6 Å². The van der Waals surface area contributed by atoms with Gasteiger partial charge in [-0.3, -0.25) is 9.69 Å². The number of nitrogens with zero attached hydrogens (tertiary/aromatic N) is 2. The van der Waals surface area contributed by atoms with E-state index in [-0.39, 0.29) is 5.91 Å². The van der Waals surface area contributed by atoms with Crippen LogP contribution in [0.1, 0.15) is 33.1 Å². The molecule has 0 aromatic carbocycles. The number of piperazine rings is 1. The predicted octanol–water partition coefficient (Wildman–Crippen LogP) is 0.668. The number of hydrogen-bond acceptors (Lipinski definition) is 3. The van der Waals surface area contributed by atoms with E-state index in [4.69, 9.17) is 5.73 Å². The first-order chi connectivity index (χ1) is 8.04. The van der Waals surface area contributed by atoms with Gasteiger partial charge in [0.1, 0.15) is 0 Å². The lowest BCUT2D eigenvalue weighted by atomic mass is 9.90. The molecule has 2 fully saturated rings. The molecule has 98 valence electrons. The van der Waals surface area contributed by atoms with E-state index in [0.29, 0.717) is 12.6 Å². The van der Waals surface area contributed by atoms with Crippen LogP contribution in [-0.4, -0.2) is 54.5 Å². The summed E-state index contributed by atoms with van der Waals surface area (Å²) in [5.41, 5.74) is 5.28. The normalized spacial score (nSPS) is 26.8. The molecule has 4 heteroatoms. The Morgan fingerprint density at radius 1 is 1.29 bits per heavy atom. The quantitative estimate of drug-likeness (QED) is 0.770. The molecule has 2 N–H and O–H groups in total. The Morgan fingerprint density at radius 3 is 2.76 bits per heavy atom. The third-order valence-electron chi connectivity index (χ3n) is 4.21. The fraction of sp³-hybridized carbons (Fsp3) is 0.923. The van der Waals surface area contributed by atoms with Crippen LogP contribution in [0.3, 0.4) is 0 Å². The lowest BCUT2D eigenvalue weighted by Crippen LogP contribution is -2.58. The highest BCUT2D eigenvalue weighted by Gasteiger charge is 2.36. The molecular weight excluding hydrogens is 214 g/mol. The molecule has 0 spiro atoms. The van der Waals surface area contributed by atoms with Crippen molar-refractivity contribution in [3.05, 3.63) is 0 Å². The van der Waals surface area contributed by atoms with Gasteiger partial charge in [0.15, 0.2) is 0 Å². The van der Waals surface area contributed by atoms with Gasteiger partial charge in [-0.05, 0) is 33.2 Å². The Balaban J connectivity index is 1.98. The van der Waals surface area contributed by atoms with Gasteiger partial charge in [-0.1, -0.05) is 6.42 Å². The Morgan fingerprint density at radius 2 is 2.06 bits per heavy atom. The summed E-state index contributed by atoms with van der Waals surface area (Å²) in [6.45, 7) is 8.35. The summed E-state index contributed by atoms with van der Waals surface area (Å²) in [4.78, 5) is 16.9. The molecular formula is C13H25N3O. The number of amides is 1. The Labute approximate surface area is 104 Å². The zero-order chi connectivity index (χ0) is 12.5. The summed E-state index contributed by atoms with van der Waals surface area (Å²) in [5.74, 6) is 0.227. The van der Waals surface area contributed by atoms with Crippen molar-refractivity contribution in [3.8, 4) is 0 Å². The number of nitrogens with two attached hydrogens (primary N) is 1. The van der Waals surface area contributed by atoms with Crippen LogP contribution in [0.25, 0.3) is 0 Å². The standard InChI is InChI=1S/C13H25N3O/c1-13(2,10-14)12(17)16-8-7-15-6-4-3-5-11(15)9-16/h11H,3-10,14H2,1-2H3. The molecule has 0 aromatic heterocycles. The van der Waals surface area contributed by atoms with Crippen LogP contribution in [-0.2, 0) is 4.79 Å². The molecule has 2 heterocycles. The van der Waals surface area contributed by atoms with Crippen molar-refractivity contribution in [3.63, 3.8) is 0 Å². The summed E-state index contributed by atoms with van der Waals surface area (Å²) < 4.78 is 0. The van der Waals surface area contributed by atoms with E-state index in [1.165, 1.54) is 25.8 Å². The van der Waals surface area contributed by atoms with E-state index in [9.17, 15) is 4.79 Å². The fourth-order valence-electron chi connectivity index (χ4n) is 2.86. The zero-order valence-corrected chi connectivity index (χ0v) is 11.1. The maximum atomic E-state index is 12.4. The molecule has 0 aromatic rings. The molecule has 0 radical (unpaired) electrons. The summed E-state index contributed by atoms with van der Waals surface area (Å²) in [6, 6.07) is 0.593. The third-order valence-corrected chi connectivity index (χ3v) is 4.21. The molecule has 17 heavy (non-hydrogen) atoms. The van der Waals surface area contributed by atoms with Gasteiger partial charge in [-0.25, -0.2) is 0 Å². The number of hydrogen-bond donors (Lipinski definition) is 1. The van der Waals surface area contributed by atoms with Crippen molar-refractivity contribution in [1.82, 2.24) is 9.80 Å². The van der Waals surface area contributed by atoms with Gasteiger partial charge in [-0.15, -0.1) is 0 Å². The second-order valence-electron chi connectivity index (χ2n) is 6.02. The number of fused-ring (bicyclic) bond motifs is 1. The number of carbonyl (C=O) groups excluding carboxylic acids is 1. The lowest BCUT2D eigenvalue weighted by molar-refractivity contribution is -0.143. The van der Waals surface area contributed by atoms with Crippen molar-refractivity contribution in [2.24, 2.45) is 11.1 Å². The van der Waals surface area contributed by atoms with Gasteiger partial charge < -0.3 is 10.6 Å². The van der Waals surface area contributed by atoms with Crippen LogP contribution < -0.4 is 5.73 Å². The highest BCUT2D eigenvalue weighted by molar-refractivity contribution is 5.82. The van der Waals surface area contributed by atoms with Crippen LogP contribution in [0.2, 0.25) is 0 Å². The monoisotopic (exact) mass is 239 g/mol. The molecule has 1 amide bonds. The lowest BCUT2D eigenvalue weighted by Gasteiger charge is -2.45. The smallest absolute Gasteiger partial charge is 0.229 e. The van der Waals surface area contributed by atoms with Gasteiger partial charge in [0.25, 0.3) is 0 Å². The maximum absolute atomic E-state index is 12.4. The average molecular weight is 239 g/mol. The minimum Gasteiger partial charge on any atom is -0.339 e. The summed E-state index contributed by atoms with van der Waals surface area (Å²) in [5, 5.41) is 0. The number of piperidine rings is 1. The van der Waals surface area contributed by atoms with Crippen molar-refractivity contribution in [2.75, 3.05) is 32.7 Å². The first-order valence-corrected chi connectivity index (χ1v) is 6.78. The van der Waals surface area contributed by atoms with Crippen molar-refractivity contribution in [1.29, 1.82) is 0 Å². The first kappa shape index (κ1) is 12.8. The molecule has 2 saturated heterocycles. The predicted molar refractivity (Wildman–Crippen MR) is 68.6 cm³/mol. The Kier molecular flexibility index (Phi) is 3.73. The molecule has 0 aliphatic carbocycles. The maximum Gasteiger partial charge on any atom is 0.229 e. The molecule has 2 aliphatic heterocycles. The van der Waals surface area contributed by atoms with Crippen LogP contribution in [0, 0.1) is 5.41 Å². The van der Waals surface area contributed by atoms with Gasteiger partial charge >= 0.3 is 0 Å². The largest absolute Gasteiger partial charge is 0.339 e. The average Bonchev–Trinajstić information content (AvgIpc) is 2.37. The van der Waals surface area contributed by atoms with Crippen molar-refractivity contribution in [2.45, 2.75) is 39.2 Å². The SMILES string of the molecule is CC(C)(CN)C(=O)N1CCN2CCCCC2C1. The first-order valence-electron chi connectivity index (χ1n) is 6.78. The summed E-state index contributed by atoms with van der Waals surface area (Å²) >= 11 is 0. The van der Waals surface area contributed by atoms with Gasteiger partial charge in [0.05, 0.1) is 5.41 Å². The minimum absolute atomic E-state index is 0.227.